The van der Waals surface area contributed by atoms with Gasteiger partial charge in [0.2, 0.25) is 0 Å². The number of thiazole rings is 1. The number of nitrogens with zero attached hydrogens (tertiary/aromatic N) is 1. The smallest absolute Gasteiger partial charge is 0.181 e. The largest absolute Gasteiger partial charge is 0.495 e. The van der Waals surface area contributed by atoms with E-state index in [4.69, 9.17) is 21.3 Å². The minimum Gasteiger partial charge on any atom is -0.495 e. The summed E-state index contributed by atoms with van der Waals surface area (Å²) >= 11 is 7.76. The lowest BCUT2D eigenvalue weighted by molar-refractivity contribution is 0.101. The Labute approximate surface area is 171 Å². The number of carbonyl (C=O) groups is 1. The summed E-state index contributed by atoms with van der Waals surface area (Å²) < 4.78 is 6.28. The fraction of sp³-hybridized carbons (Fsp3) is 0.0909. The maximum atomic E-state index is 12.5. The molecule has 0 atom stereocenters. The van der Waals surface area contributed by atoms with Gasteiger partial charge in [0.15, 0.2) is 5.78 Å². The number of benzene rings is 3. The van der Waals surface area contributed by atoms with Gasteiger partial charge in [0.25, 0.3) is 0 Å². The van der Waals surface area contributed by atoms with Crippen LogP contribution >= 0.6 is 22.9 Å². The minimum absolute atomic E-state index is 0.0463. The molecule has 0 aliphatic carbocycles. The number of methoxy groups -OCH3 is 1. The molecule has 0 aliphatic heterocycles. The quantitative estimate of drug-likeness (QED) is 0.402. The van der Waals surface area contributed by atoms with Crippen molar-refractivity contribution in [3.05, 3.63) is 77.3 Å². The van der Waals surface area contributed by atoms with Gasteiger partial charge in [-0.2, -0.15) is 0 Å². The van der Waals surface area contributed by atoms with Crippen LogP contribution in [0.5, 0.6) is 5.75 Å². The second-order valence-corrected chi connectivity index (χ2v) is 7.63. The van der Waals surface area contributed by atoms with E-state index in [-0.39, 0.29) is 12.3 Å². The SMILES string of the molecule is COc1ccc(C(=O)CNc2cccc(-c3nc4ccccc4s3)c2)cc1Cl. The molecule has 1 heterocycles. The molecule has 0 amide bonds. The molecule has 4 nitrogen and oxygen atoms in total. The zero-order valence-corrected chi connectivity index (χ0v) is 16.7. The van der Waals surface area contributed by atoms with Crippen molar-refractivity contribution < 1.29 is 9.53 Å². The number of fused-ring (bicyclic) bond motifs is 1. The van der Waals surface area contributed by atoms with Crippen LogP contribution in [-0.4, -0.2) is 24.4 Å². The van der Waals surface area contributed by atoms with Crippen LogP contribution in [0.3, 0.4) is 0 Å². The standard InChI is InChI=1S/C22H17ClN2O2S/c1-27-20-10-9-14(12-17(20)23)19(26)13-24-16-6-4-5-15(11-16)22-25-18-7-2-3-8-21(18)28-22/h2-12,24H,13H2,1H3. The Morgan fingerprint density at radius 1 is 1.11 bits per heavy atom. The summed E-state index contributed by atoms with van der Waals surface area (Å²) in [6.07, 6.45) is 0. The van der Waals surface area contributed by atoms with E-state index in [9.17, 15) is 4.79 Å². The molecule has 6 heteroatoms. The number of hydrogen-bond donors (Lipinski definition) is 1. The highest BCUT2D eigenvalue weighted by atomic mass is 35.5. The molecule has 0 fully saturated rings. The number of ether oxygens (including phenoxy) is 1. The number of halogens is 1. The van der Waals surface area contributed by atoms with E-state index < -0.39 is 0 Å². The zero-order valence-electron chi connectivity index (χ0n) is 15.1. The predicted octanol–water partition coefficient (Wildman–Crippen LogP) is 5.92. The first-order chi connectivity index (χ1) is 13.6. The van der Waals surface area contributed by atoms with E-state index in [1.807, 2.05) is 42.5 Å². The molecule has 0 aliphatic rings. The number of aromatic nitrogens is 1. The van der Waals surface area contributed by atoms with Crippen LogP contribution in [-0.2, 0) is 0 Å². The molecule has 0 saturated heterocycles. The Morgan fingerprint density at radius 3 is 2.75 bits per heavy atom. The lowest BCUT2D eigenvalue weighted by Gasteiger charge is -2.08. The number of anilines is 1. The normalized spacial score (nSPS) is 10.8. The summed E-state index contributed by atoms with van der Waals surface area (Å²) in [6, 6.07) is 21.0. The van der Waals surface area contributed by atoms with Crippen molar-refractivity contribution in [2.75, 3.05) is 19.0 Å². The van der Waals surface area contributed by atoms with Crippen molar-refractivity contribution in [2.24, 2.45) is 0 Å². The van der Waals surface area contributed by atoms with Gasteiger partial charge >= 0.3 is 0 Å². The van der Waals surface area contributed by atoms with Crippen molar-refractivity contribution >= 4 is 44.6 Å². The van der Waals surface area contributed by atoms with Crippen LogP contribution in [0, 0.1) is 0 Å². The first kappa shape index (κ1) is 18.5. The number of Topliss-reactive ketones (excluding diaryl/α,β-unsaturated/α-hetero) is 1. The second kappa shape index (κ2) is 8.00. The van der Waals surface area contributed by atoms with E-state index >= 15 is 0 Å². The van der Waals surface area contributed by atoms with Crippen LogP contribution in [0.1, 0.15) is 10.4 Å². The van der Waals surface area contributed by atoms with Crippen LogP contribution < -0.4 is 10.1 Å². The Balaban J connectivity index is 1.49. The molecular weight excluding hydrogens is 392 g/mol. The van der Waals surface area contributed by atoms with E-state index in [1.54, 1.807) is 36.6 Å². The highest BCUT2D eigenvalue weighted by Crippen LogP contribution is 2.31. The summed E-state index contributed by atoms with van der Waals surface area (Å²) in [7, 11) is 1.54. The number of hydrogen-bond acceptors (Lipinski definition) is 5. The van der Waals surface area contributed by atoms with Crippen molar-refractivity contribution in [2.45, 2.75) is 0 Å². The van der Waals surface area contributed by atoms with Crippen molar-refractivity contribution in [3.63, 3.8) is 0 Å². The van der Waals surface area contributed by atoms with Crippen LogP contribution in [0.2, 0.25) is 5.02 Å². The first-order valence-corrected chi connectivity index (χ1v) is 9.90. The molecular formula is C22H17ClN2O2S. The molecule has 4 aromatic rings. The van der Waals surface area contributed by atoms with E-state index in [1.165, 1.54) is 0 Å². The second-order valence-electron chi connectivity index (χ2n) is 6.19. The fourth-order valence-electron chi connectivity index (χ4n) is 2.88. The average molecular weight is 409 g/mol. The molecule has 0 spiro atoms. The van der Waals surface area contributed by atoms with E-state index in [0.29, 0.717) is 16.3 Å². The van der Waals surface area contributed by atoms with Crippen LogP contribution in [0.4, 0.5) is 5.69 Å². The molecule has 0 bridgehead atoms. The lowest BCUT2D eigenvalue weighted by Crippen LogP contribution is -2.14. The molecule has 1 aromatic heterocycles. The summed E-state index contributed by atoms with van der Waals surface area (Å²) in [5.41, 5.74) is 3.42. The monoisotopic (exact) mass is 408 g/mol. The third kappa shape index (κ3) is 3.86. The molecule has 3 aromatic carbocycles. The van der Waals surface area contributed by atoms with Gasteiger partial charge in [0, 0.05) is 16.8 Å². The maximum absolute atomic E-state index is 12.5. The molecule has 140 valence electrons. The fourth-order valence-corrected chi connectivity index (χ4v) is 4.10. The Kier molecular flexibility index (Phi) is 5.28. The van der Waals surface area contributed by atoms with E-state index in [2.05, 4.69) is 11.4 Å². The van der Waals surface area contributed by atoms with Gasteiger partial charge in [-0.1, -0.05) is 35.9 Å². The van der Waals surface area contributed by atoms with Crippen LogP contribution in [0.15, 0.2) is 66.7 Å². The number of para-hydroxylation sites is 1. The summed E-state index contributed by atoms with van der Waals surface area (Å²) in [5.74, 6) is 0.504. The van der Waals surface area contributed by atoms with Crippen molar-refractivity contribution in [3.8, 4) is 16.3 Å². The molecule has 4 rings (SSSR count). The number of rotatable bonds is 6. The first-order valence-electron chi connectivity index (χ1n) is 8.70. The van der Waals surface area contributed by atoms with Gasteiger partial charge in [0.1, 0.15) is 10.8 Å². The molecule has 1 N–H and O–H groups in total. The minimum atomic E-state index is -0.0463. The molecule has 0 saturated carbocycles. The number of nitrogens with one attached hydrogen (secondary N) is 1. The summed E-state index contributed by atoms with van der Waals surface area (Å²) in [5, 5.41) is 4.57. The van der Waals surface area contributed by atoms with Gasteiger partial charge in [-0.15, -0.1) is 11.3 Å². The molecule has 0 unspecified atom stereocenters. The highest BCUT2D eigenvalue weighted by Gasteiger charge is 2.10. The Morgan fingerprint density at radius 2 is 1.96 bits per heavy atom. The van der Waals surface area contributed by atoms with Gasteiger partial charge in [-0.05, 0) is 42.5 Å². The zero-order chi connectivity index (χ0) is 19.5. The van der Waals surface area contributed by atoms with E-state index in [0.717, 1.165) is 26.5 Å². The lowest BCUT2D eigenvalue weighted by atomic mass is 10.1. The average Bonchev–Trinajstić information content (AvgIpc) is 3.16. The van der Waals surface area contributed by atoms with Gasteiger partial charge in [-0.3, -0.25) is 4.79 Å². The van der Waals surface area contributed by atoms with Gasteiger partial charge in [0.05, 0.1) is 28.9 Å². The molecule has 28 heavy (non-hydrogen) atoms. The summed E-state index contributed by atoms with van der Waals surface area (Å²) in [6.45, 7) is 0.173. The Hall–Kier alpha value is -2.89. The molecule has 0 radical (unpaired) electrons. The van der Waals surface area contributed by atoms with Crippen LogP contribution in [0.25, 0.3) is 20.8 Å². The van der Waals surface area contributed by atoms with Crippen molar-refractivity contribution in [1.29, 1.82) is 0 Å². The maximum Gasteiger partial charge on any atom is 0.181 e. The van der Waals surface area contributed by atoms with Gasteiger partial charge < -0.3 is 10.1 Å². The third-order valence-electron chi connectivity index (χ3n) is 4.33. The summed E-state index contributed by atoms with van der Waals surface area (Å²) in [4.78, 5) is 17.2. The van der Waals surface area contributed by atoms with Gasteiger partial charge in [-0.25, -0.2) is 4.98 Å². The number of ketones is 1. The topological polar surface area (TPSA) is 51.2 Å². The third-order valence-corrected chi connectivity index (χ3v) is 5.71. The predicted molar refractivity (Wildman–Crippen MR) is 116 cm³/mol. The highest BCUT2D eigenvalue weighted by molar-refractivity contribution is 7.21. The van der Waals surface area contributed by atoms with Crippen molar-refractivity contribution in [1.82, 2.24) is 4.98 Å². The number of carbonyl (C=O) groups excluding carboxylic acids is 1. The Bertz CT molecular complexity index is 1120.